The van der Waals surface area contributed by atoms with Gasteiger partial charge in [-0.3, -0.25) is 4.79 Å². The quantitative estimate of drug-likeness (QED) is 0.746. The first-order chi connectivity index (χ1) is 9.17. The molecule has 0 atom stereocenters. The summed E-state index contributed by atoms with van der Waals surface area (Å²) in [5.74, 6) is 8.45. The average molecular weight is 283 g/mol. The summed E-state index contributed by atoms with van der Waals surface area (Å²) in [4.78, 5) is 9.24. The molecular formula is C16H23ClO2. The third-order valence-corrected chi connectivity index (χ3v) is 7.28. The van der Waals surface area contributed by atoms with Gasteiger partial charge >= 0.3 is 5.97 Å². The maximum absolute atomic E-state index is 9.24. The zero-order valence-corrected chi connectivity index (χ0v) is 12.1. The minimum absolute atomic E-state index is 0.306. The van der Waals surface area contributed by atoms with Crippen LogP contribution in [0.15, 0.2) is 0 Å². The fourth-order valence-electron chi connectivity index (χ4n) is 6.89. The Hall–Kier alpha value is -0.240. The van der Waals surface area contributed by atoms with Crippen molar-refractivity contribution in [1.82, 2.24) is 0 Å². The molecule has 0 aliphatic heterocycles. The molecule has 3 heteroatoms. The molecule has 0 radical (unpaired) electrons. The van der Waals surface area contributed by atoms with E-state index in [1.807, 2.05) is 0 Å². The molecule has 0 aromatic carbocycles. The Labute approximate surface area is 119 Å². The van der Waals surface area contributed by atoms with E-state index in [2.05, 4.69) is 0 Å². The van der Waals surface area contributed by atoms with Gasteiger partial charge in [0.1, 0.15) is 5.88 Å². The Morgan fingerprint density at radius 1 is 0.789 bits per heavy atom. The minimum Gasteiger partial charge on any atom is -0.480 e. The molecule has 0 aromatic rings. The fraction of sp³-hybridized carbons (Fsp3) is 0.938. The first kappa shape index (κ1) is 12.5. The number of carboxylic acid groups (broad SMARTS) is 1. The van der Waals surface area contributed by atoms with E-state index < -0.39 is 5.97 Å². The third kappa shape index (κ3) is 1.78. The lowest BCUT2D eigenvalue weighted by molar-refractivity contribution is -0.202. The Morgan fingerprint density at radius 2 is 1.00 bits per heavy atom. The Bertz CT molecular complexity index is 307. The van der Waals surface area contributed by atoms with Crippen molar-refractivity contribution in [3.05, 3.63) is 0 Å². The predicted octanol–water partition coefficient (Wildman–Crippen LogP) is 3.63. The molecule has 7 rings (SSSR count). The summed E-state index contributed by atoms with van der Waals surface area (Å²) < 4.78 is 0. The SMILES string of the molecule is C1C2CC3C4CC5CC(C14)C(C2)C3C5.O=C(O)CCl. The minimum atomic E-state index is -0.980. The molecule has 7 aliphatic rings. The van der Waals surface area contributed by atoms with Crippen LogP contribution in [-0.4, -0.2) is 17.0 Å². The lowest BCUT2D eigenvalue weighted by Crippen LogP contribution is -2.62. The Balaban J connectivity index is 0.000000171. The molecule has 7 fully saturated rings. The van der Waals surface area contributed by atoms with Crippen molar-refractivity contribution in [3.8, 4) is 0 Å². The first-order valence-corrected chi connectivity index (χ1v) is 8.48. The molecule has 106 valence electrons. The fourth-order valence-corrected chi connectivity index (χ4v) is 6.89. The maximum atomic E-state index is 9.24. The molecule has 1 N–H and O–H groups in total. The van der Waals surface area contributed by atoms with E-state index in [1.54, 1.807) is 38.5 Å². The molecule has 19 heavy (non-hydrogen) atoms. The molecular weight excluding hydrogens is 260 g/mol. The van der Waals surface area contributed by atoms with Crippen molar-refractivity contribution in [1.29, 1.82) is 0 Å². The van der Waals surface area contributed by atoms with Crippen molar-refractivity contribution in [2.45, 2.75) is 38.5 Å². The van der Waals surface area contributed by atoms with Crippen LogP contribution in [0.1, 0.15) is 38.5 Å². The number of hydrogen-bond donors (Lipinski definition) is 1. The first-order valence-electron chi connectivity index (χ1n) is 7.95. The second kappa shape index (κ2) is 4.38. The highest BCUT2D eigenvalue weighted by Crippen LogP contribution is 2.71. The van der Waals surface area contributed by atoms with Crippen molar-refractivity contribution in [2.75, 3.05) is 5.88 Å². The van der Waals surface area contributed by atoms with Gasteiger partial charge in [0.15, 0.2) is 0 Å². The van der Waals surface area contributed by atoms with Crippen LogP contribution in [0.2, 0.25) is 0 Å². The van der Waals surface area contributed by atoms with E-state index in [0.29, 0.717) is 0 Å². The predicted molar refractivity (Wildman–Crippen MR) is 74.0 cm³/mol. The van der Waals surface area contributed by atoms with E-state index in [-0.39, 0.29) is 5.88 Å². The van der Waals surface area contributed by atoms with Gasteiger partial charge in [0.05, 0.1) is 0 Å². The molecule has 7 saturated carbocycles. The van der Waals surface area contributed by atoms with Gasteiger partial charge in [0.2, 0.25) is 0 Å². The van der Waals surface area contributed by atoms with Crippen molar-refractivity contribution < 1.29 is 9.90 Å². The van der Waals surface area contributed by atoms with Gasteiger partial charge in [-0.1, -0.05) is 0 Å². The van der Waals surface area contributed by atoms with Gasteiger partial charge in [0.25, 0.3) is 0 Å². The summed E-state index contributed by atoms with van der Waals surface area (Å²) in [7, 11) is 0. The number of halogens is 1. The summed E-state index contributed by atoms with van der Waals surface area (Å²) in [6.07, 6.45) is 9.93. The Kier molecular flexibility index (Phi) is 2.88. The second-order valence-corrected chi connectivity index (χ2v) is 7.92. The van der Waals surface area contributed by atoms with E-state index in [4.69, 9.17) is 16.7 Å². The van der Waals surface area contributed by atoms with Gasteiger partial charge < -0.3 is 5.11 Å². The highest BCUT2D eigenvalue weighted by Gasteiger charge is 2.63. The molecule has 8 bridgehead atoms. The van der Waals surface area contributed by atoms with E-state index in [1.165, 1.54) is 47.3 Å². The zero-order chi connectivity index (χ0) is 13.1. The summed E-state index contributed by atoms with van der Waals surface area (Å²) in [6, 6.07) is 0. The van der Waals surface area contributed by atoms with Crippen LogP contribution in [0.5, 0.6) is 0 Å². The molecule has 0 aromatic heterocycles. The number of aliphatic carboxylic acids is 1. The number of carboxylic acids is 1. The van der Waals surface area contributed by atoms with E-state index >= 15 is 0 Å². The molecule has 0 saturated heterocycles. The molecule has 0 heterocycles. The highest BCUT2D eigenvalue weighted by molar-refractivity contribution is 6.26. The lowest BCUT2D eigenvalue weighted by atomic mass is 9.36. The van der Waals surface area contributed by atoms with Gasteiger partial charge in [-0.25, -0.2) is 0 Å². The van der Waals surface area contributed by atoms with Crippen LogP contribution in [0.4, 0.5) is 0 Å². The lowest BCUT2D eigenvalue weighted by Gasteiger charge is -2.69. The number of hydrogen-bond acceptors (Lipinski definition) is 1. The summed E-state index contributed by atoms with van der Waals surface area (Å²) in [5.41, 5.74) is 0. The third-order valence-electron chi connectivity index (χ3n) is 7.05. The second-order valence-electron chi connectivity index (χ2n) is 7.66. The molecule has 2 nitrogen and oxygen atoms in total. The van der Waals surface area contributed by atoms with Crippen LogP contribution < -0.4 is 0 Å². The average Bonchev–Trinajstić information content (AvgIpc) is 2.44. The van der Waals surface area contributed by atoms with E-state index in [9.17, 15) is 4.79 Å². The topological polar surface area (TPSA) is 37.3 Å². The van der Waals surface area contributed by atoms with Crippen molar-refractivity contribution in [3.63, 3.8) is 0 Å². The standard InChI is InChI=1S/C14H20.C2H3ClO2/c1-7-2-12-10-4-8-5-11(9(1)10)13(3-7)14(12)6-8;3-1-2(4)5/h7-14H,1-6H2;1H2,(H,4,5). The van der Waals surface area contributed by atoms with Gasteiger partial charge in [-0.2, -0.15) is 0 Å². The van der Waals surface area contributed by atoms with Crippen LogP contribution in [0.3, 0.4) is 0 Å². The largest absolute Gasteiger partial charge is 0.480 e. The molecule has 0 spiro atoms. The van der Waals surface area contributed by atoms with Crippen LogP contribution in [-0.2, 0) is 4.79 Å². The van der Waals surface area contributed by atoms with Crippen LogP contribution >= 0.6 is 11.6 Å². The van der Waals surface area contributed by atoms with Gasteiger partial charge in [-0.05, 0) is 85.9 Å². The normalized spacial score (nSPS) is 55.0. The van der Waals surface area contributed by atoms with Crippen LogP contribution in [0, 0.1) is 47.3 Å². The summed E-state index contributed by atoms with van der Waals surface area (Å²) in [6.45, 7) is 0. The van der Waals surface area contributed by atoms with E-state index in [0.717, 1.165) is 0 Å². The zero-order valence-electron chi connectivity index (χ0n) is 11.3. The van der Waals surface area contributed by atoms with Gasteiger partial charge in [-0.15, -0.1) is 11.6 Å². The monoisotopic (exact) mass is 282 g/mol. The number of alkyl halides is 1. The molecule has 7 aliphatic carbocycles. The maximum Gasteiger partial charge on any atom is 0.318 e. The van der Waals surface area contributed by atoms with Gasteiger partial charge in [0, 0.05) is 0 Å². The summed E-state index contributed by atoms with van der Waals surface area (Å²) in [5, 5.41) is 7.59. The smallest absolute Gasteiger partial charge is 0.318 e. The molecule has 0 amide bonds. The van der Waals surface area contributed by atoms with Crippen molar-refractivity contribution >= 4 is 17.6 Å². The Morgan fingerprint density at radius 3 is 1.16 bits per heavy atom. The molecule has 0 unspecified atom stereocenters. The number of carbonyl (C=O) groups is 1. The number of rotatable bonds is 1. The highest BCUT2D eigenvalue weighted by atomic mass is 35.5. The van der Waals surface area contributed by atoms with Crippen molar-refractivity contribution in [2.24, 2.45) is 47.3 Å². The van der Waals surface area contributed by atoms with Crippen LogP contribution in [0.25, 0.3) is 0 Å². The summed E-state index contributed by atoms with van der Waals surface area (Å²) >= 11 is 4.74.